The molecule has 0 bridgehead atoms. The van der Waals surface area contributed by atoms with Crippen LogP contribution in [-0.2, 0) is 17.3 Å². The second-order valence-corrected chi connectivity index (χ2v) is 6.89. The number of hydrogen-bond acceptors (Lipinski definition) is 2. The Balaban J connectivity index is 2.31. The summed E-state index contributed by atoms with van der Waals surface area (Å²) in [4.78, 5) is 3.22. The smallest absolute Gasteiger partial charge is 0.178 e. The van der Waals surface area contributed by atoms with Crippen LogP contribution in [0.5, 0.6) is 0 Å². The lowest BCUT2D eigenvalue weighted by atomic mass is 10.2. The first-order chi connectivity index (χ1) is 8.49. The fourth-order valence-electron chi connectivity index (χ4n) is 1.98. The van der Waals surface area contributed by atoms with Crippen molar-refractivity contribution < 1.29 is 4.21 Å². The average Bonchev–Trinajstić information content (AvgIpc) is 2.60. The van der Waals surface area contributed by atoms with Crippen LogP contribution in [-0.4, -0.2) is 25.3 Å². The number of aromatic amines is 1. The van der Waals surface area contributed by atoms with Crippen LogP contribution in [0.4, 0.5) is 0 Å². The molecule has 2 atom stereocenters. The maximum absolute atomic E-state index is 11.4. The molecule has 5 heteroatoms. The second kappa shape index (κ2) is 5.36. The summed E-state index contributed by atoms with van der Waals surface area (Å²) < 4.78 is 14.2. The molecule has 2 unspecified atom stereocenters. The Morgan fingerprint density at radius 3 is 2.89 bits per heavy atom. The number of benzene rings is 1. The zero-order chi connectivity index (χ0) is 13.3. The first kappa shape index (κ1) is 13.5. The zero-order valence-electron chi connectivity index (χ0n) is 10.9. The summed E-state index contributed by atoms with van der Waals surface area (Å²) in [5.74, 6) is 0. The number of rotatable bonds is 4. The van der Waals surface area contributed by atoms with Gasteiger partial charge < -0.3 is 9.55 Å². The van der Waals surface area contributed by atoms with E-state index < -0.39 is 10.8 Å². The molecule has 2 rings (SSSR count). The summed E-state index contributed by atoms with van der Waals surface area (Å²) in [6.45, 7) is 4.89. The SMILES string of the molecule is Cc1ccc2c(c1)[nH]c(=S)n2CCC(C)S(C)=O. The van der Waals surface area contributed by atoms with E-state index in [2.05, 4.69) is 34.7 Å². The van der Waals surface area contributed by atoms with Crippen molar-refractivity contribution in [1.29, 1.82) is 0 Å². The molecule has 0 saturated carbocycles. The van der Waals surface area contributed by atoms with Crippen molar-refractivity contribution in [1.82, 2.24) is 9.55 Å². The maximum Gasteiger partial charge on any atom is 0.178 e. The topological polar surface area (TPSA) is 37.8 Å². The third-order valence-corrected chi connectivity index (χ3v) is 4.95. The van der Waals surface area contributed by atoms with E-state index in [4.69, 9.17) is 12.2 Å². The molecule has 0 saturated heterocycles. The van der Waals surface area contributed by atoms with E-state index in [0.29, 0.717) is 0 Å². The van der Waals surface area contributed by atoms with Gasteiger partial charge >= 0.3 is 0 Å². The third-order valence-electron chi connectivity index (χ3n) is 3.26. The highest BCUT2D eigenvalue weighted by Crippen LogP contribution is 2.17. The Morgan fingerprint density at radius 2 is 2.22 bits per heavy atom. The number of nitrogens with zero attached hydrogens (tertiary/aromatic N) is 1. The van der Waals surface area contributed by atoms with E-state index in [9.17, 15) is 4.21 Å². The molecule has 1 aromatic heterocycles. The number of fused-ring (bicyclic) bond motifs is 1. The predicted molar refractivity (Wildman–Crippen MR) is 80.0 cm³/mol. The van der Waals surface area contributed by atoms with Gasteiger partial charge in [-0.05, 0) is 43.3 Å². The van der Waals surface area contributed by atoms with Gasteiger partial charge in [0.25, 0.3) is 0 Å². The summed E-state index contributed by atoms with van der Waals surface area (Å²) in [6.07, 6.45) is 2.63. The number of aromatic nitrogens is 2. The van der Waals surface area contributed by atoms with Crippen molar-refractivity contribution in [3.8, 4) is 0 Å². The second-order valence-electron chi connectivity index (χ2n) is 4.70. The Labute approximate surface area is 115 Å². The van der Waals surface area contributed by atoms with E-state index in [1.165, 1.54) is 5.56 Å². The molecule has 0 aliphatic rings. The molecule has 18 heavy (non-hydrogen) atoms. The molecule has 1 aromatic carbocycles. The van der Waals surface area contributed by atoms with Gasteiger partial charge in [0, 0.05) is 28.9 Å². The molecule has 1 N–H and O–H groups in total. The lowest BCUT2D eigenvalue weighted by Crippen LogP contribution is -2.12. The molecular formula is C13H18N2OS2. The Morgan fingerprint density at radius 1 is 1.50 bits per heavy atom. The van der Waals surface area contributed by atoms with Gasteiger partial charge in [0.1, 0.15) is 0 Å². The van der Waals surface area contributed by atoms with Gasteiger partial charge in [-0.1, -0.05) is 13.0 Å². The fraction of sp³-hybridized carbons (Fsp3) is 0.462. The largest absolute Gasteiger partial charge is 0.331 e. The van der Waals surface area contributed by atoms with Crippen molar-refractivity contribution in [3.63, 3.8) is 0 Å². The first-order valence-electron chi connectivity index (χ1n) is 6.00. The van der Waals surface area contributed by atoms with Gasteiger partial charge in [-0.3, -0.25) is 4.21 Å². The number of H-pyrrole nitrogens is 1. The number of aryl methyl sites for hydroxylation is 2. The van der Waals surface area contributed by atoms with Crippen LogP contribution < -0.4 is 0 Å². The van der Waals surface area contributed by atoms with E-state index in [0.717, 1.165) is 28.8 Å². The minimum Gasteiger partial charge on any atom is -0.331 e. The Kier molecular flexibility index (Phi) is 4.02. The summed E-state index contributed by atoms with van der Waals surface area (Å²) >= 11 is 5.35. The highest BCUT2D eigenvalue weighted by molar-refractivity contribution is 7.84. The molecule has 98 valence electrons. The number of nitrogens with one attached hydrogen (secondary N) is 1. The normalized spacial score (nSPS) is 14.8. The molecule has 0 radical (unpaired) electrons. The van der Waals surface area contributed by atoms with Crippen LogP contribution in [0.1, 0.15) is 18.9 Å². The molecule has 0 aliphatic heterocycles. The molecule has 0 amide bonds. The van der Waals surface area contributed by atoms with Crippen LogP contribution in [0.3, 0.4) is 0 Å². The summed E-state index contributed by atoms with van der Waals surface area (Å²) in [5.41, 5.74) is 3.42. The van der Waals surface area contributed by atoms with Crippen LogP contribution in [0, 0.1) is 11.7 Å². The van der Waals surface area contributed by atoms with E-state index in [1.54, 1.807) is 6.26 Å². The van der Waals surface area contributed by atoms with Crippen molar-refractivity contribution in [2.45, 2.75) is 32.1 Å². The standard InChI is InChI=1S/C13H18N2OS2/c1-9-4-5-12-11(8-9)14-13(17)15(12)7-6-10(2)18(3)16/h4-5,8,10H,6-7H2,1-3H3,(H,14,17). The van der Waals surface area contributed by atoms with Crippen molar-refractivity contribution in [2.75, 3.05) is 6.26 Å². The van der Waals surface area contributed by atoms with Gasteiger partial charge in [0.2, 0.25) is 0 Å². The molecule has 3 nitrogen and oxygen atoms in total. The van der Waals surface area contributed by atoms with E-state index in [1.807, 2.05) is 6.92 Å². The van der Waals surface area contributed by atoms with Crippen LogP contribution in [0.25, 0.3) is 11.0 Å². The molecular weight excluding hydrogens is 264 g/mol. The fourth-order valence-corrected chi connectivity index (χ4v) is 2.71. The van der Waals surface area contributed by atoms with E-state index in [-0.39, 0.29) is 5.25 Å². The van der Waals surface area contributed by atoms with Crippen molar-refractivity contribution >= 4 is 34.1 Å². The summed E-state index contributed by atoms with van der Waals surface area (Å²) in [6, 6.07) is 6.27. The number of imidazole rings is 1. The van der Waals surface area contributed by atoms with Gasteiger partial charge in [0.15, 0.2) is 4.77 Å². The van der Waals surface area contributed by atoms with Gasteiger partial charge in [-0.15, -0.1) is 0 Å². The van der Waals surface area contributed by atoms with Crippen LogP contribution in [0.2, 0.25) is 0 Å². The summed E-state index contributed by atoms with van der Waals surface area (Å²) in [5, 5.41) is 0.197. The number of hydrogen-bond donors (Lipinski definition) is 1. The molecule has 1 heterocycles. The average molecular weight is 282 g/mol. The lowest BCUT2D eigenvalue weighted by molar-refractivity contribution is 0.625. The lowest BCUT2D eigenvalue weighted by Gasteiger charge is -2.09. The van der Waals surface area contributed by atoms with Crippen molar-refractivity contribution in [3.05, 3.63) is 28.5 Å². The monoisotopic (exact) mass is 282 g/mol. The highest BCUT2D eigenvalue weighted by atomic mass is 32.2. The van der Waals surface area contributed by atoms with Crippen LogP contribution in [0.15, 0.2) is 18.2 Å². The molecule has 2 aromatic rings. The predicted octanol–water partition coefficient (Wildman–Crippen LogP) is 3.16. The minimum atomic E-state index is -0.773. The zero-order valence-corrected chi connectivity index (χ0v) is 12.5. The van der Waals surface area contributed by atoms with Gasteiger partial charge in [-0.25, -0.2) is 0 Å². The minimum absolute atomic E-state index is 0.197. The molecule has 0 aliphatic carbocycles. The Bertz CT molecular complexity index is 642. The Hall–Kier alpha value is -0.940. The van der Waals surface area contributed by atoms with Gasteiger partial charge in [0.05, 0.1) is 11.0 Å². The van der Waals surface area contributed by atoms with Gasteiger partial charge in [-0.2, -0.15) is 0 Å². The highest BCUT2D eigenvalue weighted by Gasteiger charge is 2.09. The first-order valence-corrected chi connectivity index (χ1v) is 8.03. The van der Waals surface area contributed by atoms with E-state index >= 15 is 0 Å². The van der Waals surface area contributed by atoms with Crippen LogP contribution >= 0.6 is 12.2 Å². The quantitative estimate of drug-likeness (QED) is 0.875. The summed E-state index contributed by atoms with van der Waals surface area (Å²) in [7, 11) is -0.773. The van der Waals surface area contributed by atoms with Crippen molar-refractivity contribution in [2.24, 2.45) is 0 Å². The molecule has 0 fully saturated rings. The molecule has 0 spiro atoms. The third kappa shape index (κ3) is 2.72. The maximum atomic E-state index is 11.4.